The van der Waals surface area contributed by atoms with Gasteiger partial charge in [0.1, 0.15) is 11.5 Å². The molecular weight excluding hydrogens is 284 g/mol. The summed E-state index contributed by atoms with van der Waals surface area (Å²) in [6, 6.07) is 5.74. The number of hydrogen-bond acceptors (Lipinski definition) is 5. The van der Waals surface area contributed by atoms with Crippen LogP contribution in [0, 0.1) is 0 Å². The minimum atomic E-state index is -0.230. The van der Waals surface area contributed by atoms with Gasteiger partial charge < -0.3 is 5.32 Å². The predicted molar refractivity (Wildman–Crippen MR) is 79.1 cm³/mol. The van der Waals surface area contributed by atoms with Gasteiger partial charge in [-0.2, -0.15) is 5.10 Å². The second-order valence-electron chi connectivity index (χ2n) is 5.00. The summed E-state index contributed by atoms with van der Waals surface area (Å²) in [5, 5.41) is 14.8. The van der Waals surface area contributed by atoms with Gasteiger partial charge in [0.05, 0.1) is 0 Å². The summed E-state index contributed by atoms with van der Waals surface area (Å²) >= 11 is 0. The SMILES string of the molecule is O=C1CCC(C(=O)NCCCc2nnc3ccccn23)=NN1. The summed E-state index contributed by atoms with van der Waals surface area (Å²) in [6.07, 6.45) is 4.07. The van der Waals surface area contributed by atoms with E-state index >= 15 is 0 Å². The van der Waals surface area contributed by atoms with E-state index in [1.54, 1.807) is 0 Å². The van der Waals surface area contributed by atoms with Gasteiger partial charge in [-0.25, -0.2) is 5.43 Å². The molecule has 3 heterocycles. The number of carbonyl (C=O) groups excluding carboxylic acids is 2. The third-order valence-electron chi connectivity index (χ3n) is 3.41. The Hall–Kier alpha value is -2.77. The van der Waals surface area contributed by atoms with Crippen LogP contribution in [0.3, 0.4) is 0 Å². The molecule has 2 aromatic rings. The third kappa shape index (κ3) is 3.11. The van der Waals surface area contributed by atoms with Crippen LogP contribution in [0.15, 0.2) is 29.5 Å². The van der Waals surface area contributed by atoms with E-state index in [-0.39, 0.29) is 11.8 Å². The van der Waals surface area contributed by atoms with Crippen molar-refractivity contribution >= 4 is 23.2 Å². The fourth-order valence-electron chi connectivity index (χ4n) is 2.25. The average Bonchev–Trinajstić information content (AvgIpc) is 2.95. The van der Waals surface area contributed by atoms with E-state index in [1.165, 1.54) is 0 Å². The van der Waals surface area contributed by atoms with Gasteiger partial charge in [-0.1, -0.05) is 6.07 Å². The topological polar surface area (TPSA) is 101 Å². The molecule has 1 aliphatic rings. The number of aryl methyl sites for hydroxylation is 1. The number of rotatable bonds is 5. The van der Waals surface area contributed by atoms with E-state index in [0.717, 1.165) is 17.9 Å². The van der Waals surface area contributed by atoms with E-state index in [9.17, 15) is 9.59 Å². The van der Waals surface area contributed by atoms with Crippen molar-refractivity contribution in [3.63, 3.8) is 0 Å². The molecule has 2 amide bonds. The molecule has 0 saturated carbocycles. The molecule has 0 aliphatic carbocycles. The minimum absolute atomic E-state index is 0.157. The molecule has 0 spiro atoms. The van der Waals surface area contributed by atoms with Crippen LogP contribution in [0.2, 0.25) is 0 Å². The van der Waals surface area contributed by atoms with Crippen LogP contribution in [-0.4, -0.2) is 38.7 Å². The van der Waals surface area contributed by atoms with E-state index in [0.29, 0.717) is 31.5 Å². The Bertz CT molecular complexity index is 736. The lowest BCUT2D eigenvalue weighted by atomic mass is 10.1. The molecule has 2 aromatic heterocycles. The molecule has 0 bridgehead atoms. The molecule has 1 aliphatic heterocycles. The second kappa shape index (κ2) is 6.33. The Labute approximate surface area is 126 Å². The van der Waals surface area contributed by atoms with Crippen LogP contribution in [0.5, 0.6) is 0 Å². The molecule has 0 radical (unpaired) electrons. The smallest absolute Gasteiger partial charge is 0.267 e. The second-order valence-corrected chi connectivity index (χ2v) is 5.00. The van der Waals surface area contributed by atoms with Crippen LogP contribution in [0.1, 0.15) is 25.1 Å². The lowest BCUT2D eigenvalue weighted by Gasteiger charge is -2.11. The van der Waals surface area contributed by atoms with Crippen LogP contribution in [-0.2, 0) is 16.0 Å². The zero-order valence-electron chi connectivity index (χ0n) is 12.0. The molecule has 3 rings (SSSR count). The van der Waals surface area contributed by atoms with Gasteiger partial charge in [-0.3, -0.25) is 14.0 Å². The largest absolute Gasteiger partial charge is 0.351 e. The molecule has 8 heteroatoms. The van der Waals surface area contributed by atoms with Gasteiger partial charge in [0.2, 0.25) is 5.91 Å². The number of carbonyl (C=O) groups is 2. The highest BCUT2D eigenvalue weighted by Crippen LogP contribution is 2.05. The fourth-order valence-corrected chi connectivity index (χ4v) is 2.25. The average molecular weight is 300 g/mol. The van der Waals surface area contributed by atoms with Gasteiger partial charge in [-0.05, 0) is 18.6 Å². The number of pyridine rings is 1. The lowest BCUT2D eigenvalue weighted by Crippen LogP contribution is -2.37. The number of hydrazone groups is 1. The molecular formula is C14H16N6O2. The number of nitrogens with one attached hydrogen (secondary N) is 2. The lowest BCUT2D eigenvalue weighted by molar-refractivity contribution is -0.121. The quantitative estimate of drug-likeness (QED) is 0.761. The zero-order chi connectivity index (χ0) is 15.4. The van der Waals surface area contributed by atoms with Crippen molar-refractivity contribution in [3.05, 3.63) is 30.2 Å². The zero-order valence-corrected chi connectivity index (χ0v) is 12.0. The number of nitrogens with zero attached hydrogens (tertiary/aromatic N) is 4. The summed E-state index contributed by atoms with van der Waals surface area (Å²) in [5.74, 6) is 0.480. The Balaban J connectivity index is 1.47. The molecule has 0 saturated heterocycles. The Morgan fingerprint density at radius 2 is 2.23 bits per heavy atom. The van der Waals surface area contributed by atoms with Gasteiger partial charge >= 0.3 is 0 Å². The minimum Gasteiger partial charge on any atom is -0.351 e. The Morgan fingerprint density at radius 1 is 1.32 bits per heavy atom. The van der Waals surface area contributed by atoms with E-state index in [4.69, 9.17) is 0 Å². The maximum atomic E-state index is 11.9. The van der Waals surface area contributed by atoms with Crippen LogP contribution in [0.25, 0.3) is 5.65 Å². The standard InChI is InChI=1S/C14H16N6O2/c21-13-7-6-10(16-19-13)14(22)15-8-3-5-12-18-17-11-4-1-2-9-20(11)12/h1-2,4,9H,3,5-8H2,(H,15,22)(H,19,21). The molecule has 2 N–H and O–H groups in total. The summed E-state index contributed by atoms with van der Waals surface area (Å²) in [6.45, 7) is 0.521. The van der Waals surface area contributed by atoms with Crippen molar-refractivity contribution in [2.75, 3.05) is 6.54 Å². The maximum absolute atomic E-state index is 11.9. The summed E-state index contributed by atoms with van der Waals surface area (Å²) < 4.78 is 1.93. The molecule has 0 fully saturated rings. The first-order valence-electron chi connectivity index (χ1n) is 7.16. The Morgan fingerprint density at radius 3 is 3.05 bits per heavy atom. The summed E-state index contributed by atoms with van der Waals surface area (Å²) in [7, 11) is 0. The molecule has 22 heavy (non-hydrogen) atoms. The first-order chi connectivity index (χ1) is 10.7. The first kappa shape index (κ1) is 14.2. The monoisotopic (exact) mass is 300 g/mol. The van der Waals surface area contributed by atoms with Gasteiger partial charge in [0.15, 0.2) is 5.65 Å². The highest BCUT2D eigenvalue weighted by Gasteiger charge is 2.17. The fraction of sp³-hybridized carbons (Fsp3) is 0.357. The molecule has 8 nitrogen and oxygen atoms in total. The van der Waals surface area contributed by atoms with Crippen LogP contribution >= 0.6 is 0 Å². The first-order valence-corrected chi connectivity index (χ1v) is 7.16. The molecule has 114 valence electrons. The van der Waals surface area contributed by atoms with Gasteiger partial charge in [0, 0.05) is 32.0 Å². The molecule has 0 unspecified atom stereocenters. The molecule has 0 aromatic carbocycles. The van der Waals surface area contributed by atoms with Gasteiger partial charge in [0.25, 0.3) is 5.91 Å². The predicted octanol–water partition coefficient (Wildman–Crippen LogP) is 0.0441. The number of amides is 2. The van der Waals surface area contributed by atoms with Crippen molar-refractivity contribution in [2.45, 2.75) is 25.7 Å². The third-order valence-corrected chi connectivity index (χ3v) is 3.41. The molecule has 0 atom stereocenters. The number of hydrogen-bond donors (Lipinski definition) is 2. The summed E-state index contributed by atoms with van der Waals surface area (Å²) in [5.41, 5.74) is 3.49. The highest BCUT2D eigenvalue weighted by atomic mass is 16.2. The van der Waals surface area contributed by atoms with E-state index in [2.05, 4.69) is 26.0 Å². The van der Waals surface area contributed by atoms with Crippen molar-refractivity contribution in [1.82, 2.24) is 25.3 Å². The maximum Gasteiger partial charge on any atom is 0.267 e. The normalized spacial score (nSPS) is 14.5. The Kier molecular flexibility index (Phi) is 4.08. The number of aromatic nitrogens is 3. The summed E-state index contributed by atoms with van der Waals surface area (Å²) in [4.78, 5) is 22.8. The van der Waals surface area contributed by atoms with E-state index in [1.807, 2.05) is 28.8 Å². The van der Waals surface area contributed by atoms with Crippen LogP contribution in [0.4, 0.5) is 0 Å². The number of fused-ring (bicyclic) bond motifs is 1. The van der Waals surface area contributed by atoms with Crippen molar-refractivity contribution < 1.29 is 9.59 Å². The van der Waals surface area contributed by atoms with E-state index < -0.39 is 0 Å². The highest BCUT2D eigenvalue weighted by molar-refractivity contribution is 6.39. The van der Waals surface area contributed by atoms with Crippen molar-refractivity contribution in [3.8, 4) is 0 Å². The van der Waals surface area contributed by atoms with Crippen LogP contribution < -0.4 is 10.7 Å². The van der Waals surface area contributed by atoms with Crippen molar-refractivity contribution in [2.24, 2.45) is 5.10 Å². The van der Waals surface area contributed by atoms with Crippen molar-refractivity contribution in [1.29, 1.82) is 0 Å². The van der Waals surface area contributed by atoms with Gasteiger partial charge in [-0.15, -0.1) is 10.2 Å².